The van der Waals surface area contributed by atoms with Gasteiger partial charge in [-0.1, -0.05) is 11.6 Å². The minimum absolute atomic E-state index is 0.301. The molecule has 2 heterocycles. The highest BCUT2D eigenvalue weighted by Gasteiger charge is 2.16. The molecule has 0 aliphatic carbocycles. The van der Waals surface area contributed by atoms with Gasteiger partial charge in [0, 0.05) is 16.5 Å². The first-order valence-electron chi connectivity index (χ1n) is 7.04. The zero-order chi connectivity index (χ0) is 16.4. The van der Waals surface area contributed by atoms with E-state index in [1.807, 2.05) is 37.4 Å². The second-order valence-corrected chi connectivity index (χ2v) is 5.99. The Bertz CT molecular complexity index is 851. The Morgan fingerprint density at radius 3 is 2.83 bits per heavy atom. The number of furan rings is 1. The van der Waals surface area contributed by atoms with Gasteiger partial charge in [-0.3, -0.25) is 10.1 Å². The molecule has 23 heavy (non-hydrogen) atoms. The van der Waals surface area contributed by atoms with Crippen LogP contribution in [0, 0.1) is 13.8 Å². The number of hydrogen-bond acceptors (Lipinski definition) is 5. The van der Waals surface area contributed by atoms with Gasteiger partial charge in [0.05, 0.1) is 19.1 Å². The number of anilines is 1. The van der Waals surface area contributed by atoms with E-state index in [1.54, 1.807) is 13.2 Å². The molecule has 6 heteroatoms. The molecular weight excluding hydrogens is 312 g/mol. The largest absolute Gasteiger partial charge is 0.496 e. The molecule has 0 bridgehead atoms. The second kappa shape index (κ2) is 6.26. The smallest absolute Gasteiger partial charge is 0.293 e. The quantitative estimate of drug-likeness (QED) is 0.776. The Labute approximate surface area is 137 Å². The van der Waals surface area contributed by atoms with Crippen molar-refractivity contribution in [1.82, 2.24) is 4.98 Å². The van der Waals surface area contributed by atoms with Gasteiger partial charge >= 0.3 is 0 Å². The van der Waals surface area contributed by atoms with Crippen LogP contribution in [0.5, 0.6) is 5.75 Å². The van der Waals surface area contributed by atoms with Crippen molar-refractivity contribution in [2.45, 2.75) is 13.8 Å². The van der Waals surface area contributed by atoms with Gasteiger partial charge < -0.3 is 9.15 Å². The summed E-state index contributed by atoms with van der Waals surface area (Å²) in [6, 6.07) is 7.65. The number of amides is 1. The van der Waals surface area contributed by atoms with Crippen molar-refractivity contribution in [3.63, 3.8) is 0 Å². The molecule has 0 unspecified atom stereocenters. The lowest BCUT2D eigenvalue weighted by Crippen LogP contribution is -2.11. The highest BCUT2D eigenvalue weighted by Crippen LogP contribution is 2.33. The first-order valence-corrected chi connectivity index (χ1v) is 7.92. The van der Waals surface area contributed by atoms with Crippen LogP contribution in [0.4, 0.5) is 5.13 Å². The average Bonchev–Trinajstić information content (AvgIpc) is 3.16. The van der Waals surface area contributed by atoms with Crippen molar-refractivity contribution in [3.05, 3.63) is 52.8 Å². The SMILES string of the molecule is COc1ccc(C)cc1-c1csc(NC(=O)c2occc2C)n1. The summed E-state index contributed by atoms with van der Waals surface area (Å²) in [7, 11) is 1.63. The van der Waals surface area contributed by atoms with Crippen molar-refractivity contribution < 1.29 is 13.9 Å². The maximum absolute atomic E-state index is 12.2. The highest BCUT2D eigenvalue weighted by molar-refractivity contribution is 7.14. The lowest BCUT2D eigenvalue weighted by Gasteiger charge is -2.07. The maximum Gasteiger partial charge on any atom is 0.293 e. The molecule has 0 spiro atoms. The fourth-order valence-corrected chi connectivity index (χ4v) is 2.94. The van der Waals surface area contributed by atoms with E-state index in [9.17, 15) is 4.79 Å². The van der Waals surface area contributed by atoms with E-state index in [0.717, 1.165) is 28.1 Å². The summed E-state index contributed by atoms with van der Waals surface area (Å²) in [6.45, 7) is 3.83. The molecule has 3 rings (SSSR count). The van der Waals surface area contributed by atoms with Crippen LogP contribution in [0.15, 0.2) is 40.3 Å². The summed E-state index contributed by atoms with van der Waals surface area (Å²) in [4.78, 5) is 16.6. The summed E-state index contributed by atoms with van der Waals surface area (Å²) in [5, 5.41) is 5.17. The first-order chi connectivity index (χ1) is 11.1. The number of nitrogens with one attached hydrogen (secondary N) is 1. The summed E-state index contributed by atoms with van der Waals surface area (Å²) >= 11 is 1.36. The van der Waals surface area contributed by atoms with Gasteiger partial charge in [-0.25, -0.2) is 4.98 Å². The van der Waals surface area contributed by atoms with Crippen LogP contribution in [0.2, 0.25) is 0 Å². The molecule has 118 valence electrons. The molecule has 0 fully saturated rings. The third-order valence-electron chi connectivity index (χ3n) is 3.42. The molecule has 0 saturated carbocycles. The Morgan fingerprint density at radius 2 is 2.13 bits per heavy atom. The van der Waals surface area contributed by atoms with Gasteiger partial charge in [0.25, 0.3) is 5.91 Å². The van der Waals surface area contributed by atoms with Crippen molar-refractivity contribution >= 4 is 22.4 Å². The van der Waals surface area contributed by atoms with Crippen LogP contribution in [-0.2, 0) is 0 Å². The number of hydrogen-bond donors (Lipinski definition) is 1. The zero-order valence-electron chi connectivity index (χ0n) is 13.0. The standard InChI is InChI=1S/C17H16N2O3S/c1-10-4-5-14(21-3)12(8-10)13-9-23-17(18-13)19-16(20)15-11(2)6-7-22-15/h4-9H,1-3H3,(H,18,19,20). The number of aryl methyl sites for hydroxylation is 2. The molecule has 2 aromatic heterocycles. The average molecular weight is 328 g/mol. The molecule has 1 amide bonds. The van der Waals surface area contributed by atoms with Gasteiger partial charge in [-0.2, -0.15) is 0 Å². The van der Waals surface area contributed by atoms with Crippen LogP contribution in [0.1, 0.15) is 21.7 Å². The lowest BCUT2D eigenvalue weighted by atomic mass is 10.1. The van der Waals surface area contributed by atoms with Crippen LogP contribution in [-0.4, -0.2) is 18.0 Å². The Kier molecular flexibility index (Phi) is 4.16. The minimum atomic E-state index is -0.301. The maximum atomic E-state index is 12.2. The van der Waals surface area contributed by atoms with Crippen molar-refractivity contribution in [3.8, 4) is 17.0 Å². The van der Waals surface area contributed by atoms with Crippen LogP contribution < -0.4 is 10.1 Å². The van der Waals surface area contributed by atoms with Crippen molar-refractivity contribution in [2.24, 2.45) is 0 Å². The van der Waals surface area contributed by atoms with Gasteiger partial charge in [-0.15, -0.1) is 11.3 Å². The molecule has 0 radical (unpaired) electrons. The second-order valence-electron chi connectivity index (χ2n) is 5.13. The van der Waals surface area contributed by atoms with Gasteiger partial charge in [0.1, 0.15) is 5.75 Å². The third-order valence-corrected chi connectivity index (χ3v) is 4.18. The number of ether oxygens (including phenoxy) is 1. The van der Waals surface area contributed by atoms with Crippen LogP contribution in [0.3, 0.4) is 0 Å². The zero-order valence-corrected chi connectivity index (χ0v) is 13.9. The Morgan fingerprint density at radius 1 is 1.30 bits per heavy atom. The molecule has 5 nitrogen and oxygen atoms in total. The van der Waals surface area contributed by atoms with E-state index in [0.29, 0.717) is 10.9 Å². The molecule has 0 atom stereocenters. The molecule has 3 aromatic rings. The number of nitrogens with zero attached hydrogens (tertiary/aromatic N) is 1. The molecule has 1 aromatic carbocycles. The number of carbonyl (C=O) groups excluding carboxylic acids is 1. The van der Waals surface area contributed by atoms with Crippen LogP contribution in [0.25, 0.3) is 11.3 Å². The Balaban J connectivity index is 1.85. The fraction of sp³-hybridized carbons (Fsp3) is 0.176. The van der Waals surface area contributed by atoms with E-state index in [4.69, 9.17) is 9.15 Å². The minimum Gasteiger partial charge on any atom is -0.496 e. The molecule has 1 N–H and O–H groups in total. The number of carbonyl (C=O) groups is 1. The summed E-state index contributed by atoms with van der Waals surface area (Å²) in [6.07, 6.45) is 1.50. The van der Waals surface area contributed by atoms with Crippen molar-refractivity contribution in [1.29, 1.82) is 0 Å². The molecule has 0 aliphatic rings. The van der Waals surface area contributed by atoms with Crippen LogP contribution >= 0.6 is 11.3 Å². The summed E-state index contributed by atoms with van der Waals surface area (Å²) < 4.78 is 10.6. The van der Waals surface area contributed by atoms with E-state index in [2.05, 4.69) is 10.3 Å². The monoisotopic (exact) mass is 328 g/mol. The van der Waals surface area contributed by atoms with Gasteiger partial charge in [0.15, 0.2) is 10.9 Å². The fourth-order valence-electron chi connectivity index (χ4n) is 2.24. The normalized spacial score (nSPS) is 10.6. The Hall–Kier alpha value is -2.60. The number of benzene rings is 1. The van der Waals surface area contributed by atoms with Gasteiger partial charge in [-0.05, 0) is 32.0 Å². The molecule has 0 aliphatic heterocycles. The highest BCUT2D eigenvalue weighted by atomic mass is 32.1. The number of thiazole rings is 1. The number of rotatable bonds is 4. The molecule has 0 saturated heterocycles. The summed E-state index contributed by atoms with van der Waals surface area (Å²) in [5.41, 5.74) is 3.57. The summed E-state index contributed by atoms with van der Waals surface area (Å²) in [5.74, 6) is 0.750. The van der Waals surface area contributed by atoms with E-state index < -0.39 is 0 Å². The lowest BCUT2D eigenvalue weighted by molar-refractivity contribution is 0.0996. The predicted molar refractivity (Wildman–Crippen MR) is 90.2 cm³/mol. The topological polar surface area (TPSA) is 64.4 Å². The van der Waals surface area contributed by atoms with E-state index in [-0.39, 0.29) is 5.91 Å². The van der Waals surface area contributed by atoms with Crippen molar-refractivity contribution in [2.75, 3.05) is 12.4 Å². The first kappa shape index (κ1) is 15.3. The van der Waals surface area contributed by atoms with E-state index in [1.165, 1.54) is 17.6 Å². The third kappa shape index (κ3) is 3.12. The van der Waals surface area contributed by atoms with E-state index >= 15 is 0 Å². The number of aromatic nitrogens is 1. The van der Waals surface area contributed by atoms with Gasteiger partial charge in [0.2, 0.25) is 0 Å². The predicted octanol–water partition coefficient (Wildman–Crippen LogP) is 4.28. The number of methoxy groups -OCH3 is 1. The molecular formula is C17H16N2O3S.